The normalized spacial score (nSPS) is 30.8. The topological polar surface area (TPSA) is 70.5 Å². The Labute approximate surface area is 139 Å². The van der Waals surface area contributed by atoms with Gasteiger partial charge in [-0.15, -0.1) is 11.3 Å². The Morgan fingerprint density at radius 1 is 1.26 bits per heavy atom. The van der Waals surface area contributed by atoms with Gasteiger partial charge in [-0.2, -0.15) is 0 Å². The van der Waals surface area contributed by atoms with Crippen LogP contribution in [-0.2, 0) is 4.79 Å². The monoisotopic (exact) mass is 334 g/mol. The van der Waals surface area contributed by atoms with E-state index in [4.69, 9.17) is 0 Å². The predicted octanol–water partition coefficient (Wildman–Crippen LogP) is 3.13. The molecule has 2 saturated carbocycles. The van der Waals surface area contributed by atoms with Crippen molar-refractivity contribution in [2.75, 3.05) is 13.1 Å². The molecule has 124 valence electrons. The van der Waals surface area contributed by atoms with Gasteiger partial charge >= 0.3 is 5.97 Å². The zero-order valence-electron chi connectivity index (χ0n) is 13.2. The fraction of sp³-hybridized carbons (Fsp3) is 0.706. The van der Waals surface area contributed by atoms with Crippen molar-refractivity contribution in [3.63, 3.8) is 0 Å². The van der Waals surface area contributed by atoms with E-state index in [1.807, 2.05) is 0 Å². The summed E-state index contributed by atoms with van der Waals surface area (Å²) < 4.78 is 0. The quantitative estimate of drug-likeness (QED) is 0.922. The molecule has 2 aliphatic carbocycles. The lowest BCUT2D eigenvalue weighted by atomic mass is 9.81. The van der Waals surface area contributed by atoms with Crippen LogP contribution in [0.1, 0.15) is 66.2 Å². The highest BCUT2D eigenvalue weighted by atomic mass is 32.1. The number of amides is 1. The maximum Gasteiger partial charge on any atom is 0.311 e. The first-order valence-corrected chi connectivity index (χ1v) is 9.46. The minimum absolute atomic E-state index is 0.00410. The Kier molecular flexibility index (Phi) is 3.67. The lowest BCUT2D eigenvalue weighted by Crippen LogP contribution is -2.37. The van der Waals surface area contributed by atoms with Crippen molar-refractivity contribution in [1.82, 2.24) is 9.88 Å². The molecule has 1 saturated heterocycles. The molecule has 0 unspecified atom stereocenters. The van der Waals surface area contributed by atoms with Crippen molar-refractivity contribution in [2.24, 2.45) is 11.3 Å². The third kappa shape index (κ3) is 2.30. The summed E-state index contributed by atoms with van der Waals surface area (Å²) in [5.74, 6) is -0.192. The highest BCUT2D eigenvalue weighted by Gasteiger charge is 2.56. The molecule has 1 aromatic rings. The van der Waals surface area contributed by atoms with E-state index in [-0.39, 0.29) is 11.8 Å². The highest BCUT2D eigenvalue weighted by molar-refractivity contribution is 7.11. The number of thiazole rings is 1. The maximum atomic E-state index is 13.0. The molecule has 5 nitrogen and oxygen atoms in total. The summed E-state index contributed by atoms with van der Waals surface area (Å²) in [4.78, 5) is 31.8. The standard InChI is InChI=1S/C17H22N2O3S/c20-15(14-13(18-10-23-14)11-4-1-2-5-11)19-8-12-6-3-7-17(12,9-19)16(21)22/h10-12H,1-9H2,(H,21,22)/t12-,17+/m0/s1. The molecule has 4 rings (SSSR count). The fourth-order valence-corrected chi connectivity index (χ4v) is 5.68. The summed E-state index contributed by atoms with van der Waals surface area (Å²) in [6, 6.07) is 0. The molecule has 23 heavy (non-hydrogen) atoms. The Morgan fingerprint density at radius 3 is 2.74 bits per heavy atom. The zero-order valence-corrected chi connectivity index (χ0v) is 14.0. The molecule has 6 heteroatoms. The molecule has 0 radical (unpaired) electrons. The van der Waals surface area contributed by atoms with E-state index >= 15 is 0 Å². The summed E-state index contributed by atoms with van der Waals surface area (Å²) in [6.45, 7) is 0.959. The van der Waals surface area contributed by atoms with Gasteiger partial charge in [-0.1, -0.05) is 19.3 Å². The smallest absolute Gasteiger partial charge is 0.311 e. The first kappa shape index (κ1) is 15.1. The van der Waals surface area contributed by atoms with Gasteiger partial charge in [-0.25, -0.2) is 4.98 Å². The second kappa shape index (κ2) is 5.58. The van der Waals surface area contributed by atoms with Crippen molar-refractivity contribution in [2.45, 2.75) is 50.9 Å². The van der Waals surface area contributed by atoms with Crippen molar-refractivity contribution in [3.05, 3.63) is 16.1 Å². The first-order chi connectivity index (χ1) is 11.1. The van der Waals surface area contributed by atoms with Crippen LogP contribution in [0, 0.1) is 11.3 Å². The molecule has 1 N–H and O–H groups in total. The van der Waals surface area contributed by atoms with Crippen molar-refractivity contribution in [1.29, 1.82) is 0 Å². The number of carbonyl (C=O) groups is 2. The average molecular weight is 334 g/mol. The molecule has 3 aliphatic rings. The predicted molar refractivity (Wildman–Crippen MR) is 86.6 cm³/mol. The van der Waals surface area contributed by atoms with Gasteiger partial charge < -0.3 is 10.0 Å². The Morgan fingerprint density at radius 2 is 2.04 bits per heavy atom. The lowest BCUT2D eigenvalue weighted by Gasteiger charge is -2.23. The third-order valence-electron chi connectivity index (χ3n) is 6.11. The number of nitrogens with zero attached hydrogens (tertiary/aromatic N) is 2. The van der Waals surface area contributed by atoms with E-state index in [2.05, 4.69) is 4.98 Å². The molecule has 3 fully saturated rings. The molecule has 1 aromatic heterocycles. The summed E-state index contributed by atoms with van der Waals surface area (Å²) in [6.07, 6.45) is 7.25. The van der Waals surface area contributed by atoms with Crippen molar-refractivity contribution >= 4 is 23.2 Å². The molecule has 0 spiro atoms. The first-order valence-electron chi connectivity index (χ1n) is 8.58. The number of fused-ring (bicyclic) bond motifs is 1. The molecule has 2 heterocycles. The van der Waals surface area contributed by atoms with Gasteiger partial charge in [-0.3, -0.25) is 9.59 Å². The minimum atomic E-state index is -0.726. The van der Waals surface area contributed by atoms with Gasteiger partial charge in [0.2, 0.25) is 0 Å². The van der Waals surface area contributed by atoms with Gasteiger partial charge in [0, 0.05) is 19.0 Å². The van der Waals surface area contributed by atoms with Gasteiger partial charge in [0.15, 0.2) is 0 Å². The number of rotatable bonds is 3. The summed E-state index contributed by atoms with van der Waals surface area (Å²) >= 11 is 1.42. The molecular formula is C17H22N2O3S. The lowest BCUT2D eigenvalue weighted by molar-refractivity contribution is -0.149. The van der Waals surface area contributed by atoms with Gasteiger partial charge in [0.1, 0.15) is 4.88 Å². The summed E-state index contributed by atoms with van der Waals surface area (Å²) in [5.41, 5.74) is 2.03. The Hall–Kier alpha value is -1.43. The SMILES string of the molecule is O=C(c1scnc1C1CCCC1)N1C[C@@H]2CCC[C@@]2(C(=O)O)C1. The number of carbonyl (C=O) groups excluding carboxylic acids is 1. The fourth-order valence-electron chi connectivity index (χ4n) is 4.84. The van der Waals surface area contributed by atoms with E-state index in [1.165, 1.54) is 24.2 Å². The van der Waals surface area contributed by atoms with Crippen molar-refractivity contribution < 1.29 is 14.7 Å². The third-order valence-corrected chi connectivity index (χ3v) is 6.95. The van der Waals surface area contributed by atoms with Crippen LogP contribution in [0.5, 0.6) is 0 Å². The van der Waals surface area contributed by atoms with Gasteiger partial charge in [0.05, 0.1) is 16.6 Å². The van der Waals surface area contributed by atoms with Crippen LogP contribution < -0.4 is 0 Å². The van der Waals surface area contributed by atoms with Crippen LogP contribution in [0.15, 0.2) is 5.51 Å². The number of likely N-dealkylation sites (tertiary alicyclic amines) is 1. The van der Waals surface area contributed by atoms with Gasteiger partial charge in [-0.05, 0) is 31.6 Å². The minimum Gasteiger partial charge on any atom is -0.481 e. The average Bonchev–Trinajstić information content (AvgIpc) is 3.27. The van der Waals surface area contributed by atoms with E-state index in [9.17, 15) is 14.7 Å². The van der Waals surface area contributed by atoms with Crippen LogP contribution in [-0.4, -0.2) is 40.0 Å². The Balaban J connectivity index is 1.57. The van der Waals surface area contributed by atoms with Crippen LogP contribution in [0.25, 0.3) is 0 Å². The van der Waals surface area contributed by atoms with Crippen LogP contribution in [0.2, 0.25) is 0 Å². The van der Waals surface area contributed by atoms with Gasteiger partial charge in [0.25, 0.3) is 5.91 Å². The summed E-state index contributed by atoms with van der Waals surface area (Å²) in [5, 5.41) is 9.68. The number of hydrogen-bond donors (Lipinski definition) is 1. The maximum absolute atomic E-state index is 13.0. The number of aliphatic carboxylic acids is 1. The molecule has 0 bridgehead atoms. The zero-order chi connectivity index (χ0) is 16.0. The second-order valence-corrected chi connectivity index (χ2v) is 8.14. The molecule has 1 amide bonds. The van der Waals surface area contributed by atoms with E-state index in [0.717, 1.165) is 36.3 Å². The second-order valence-electron chi connectivity index (χ2n) is 7.28. The van der Waals surface area contributed by atoms with E-state index < -0.39 is 11.4 Å². The number of carboxylic acid groups (broad SMARTS) is 1. The van der Waals surface area contributed by atoms with Crippen LogP contribution in [0.4, 0.5) is 0 Å². The number of aromatic nitrogens is 1. The van der Waals surface area contributed by atoms with Crippen molar-refractivity contribution in [3.8, 4) is 0 Å². The Bertz CT molecular complexity index is 638. The number of hydrogen-bond acceptors (Lipinski definition) is 4. The van der Waals surface area contributed by atoms with Crippen LogP contribution in [0.3, 0.4) is 0 Å². The molecule has 2 atom stereocenters. The van der Waals surface area contributed by atoms with E-state index in [0.29, 0.717) is 25.4 Å². The summed E-state index contributed by atoms with van der Waals surface area (Å²) in [7, 11) is 0. The van der Waals surface area contributed by atoms with Crippen LogP contribution >= 0.6 is 11.3 Å². The number of carboxylic acids is 1. The largest absolute Gasteiger partial charge is 0.481 e. The molecule has 0 aromatic carbocycles. The van der Waals surface area contributed by atoms with E-state index in [1.54, 1.807) is 10.4 Å². The molecule has 1 aliphatic heterocycles. The molecular weight excluding hydrogens is 312 g/mol. The highest BCUT2D eigenvalue weighted by Crippen LogP contribution is 2.49.